The van der Waals surface area contributed by atoms with Crippen LogP contribution in [0.5, 0.6) is 0 Å². The number of fused-ring (bicyclic) bond motifs is 1. The SMILES string of the molecule is O=S(=O)(Cc1ccccc1)NCC1Cn2cccc2CN1Cc1cccnc1. The first-order chi connectivity index (χ1) is 13.6. The molecular weight excluding hydrogens is 372 g/mol. The molecule has 3 aromatic rings. The average molecular weight is 397 g/mol. The van der Waals surface area contributed by atoms with E-state index in [9.17, 15) is 8.42 Å². The molecule has 1 aliphatic heterocycles. The van der Waals surface area contributed by atoms with Gasteiger partial charge in [0.2, 0.25) is 10.0 Å². The molecule has 6 nitrogen and oxygen atoms in total. The number of hydrogen-bond acceptors (Lipinski definition) is 4. The molecule has 1 aliphatic rings. The molecule has 0 bridgehead atoms. The van der Waals surface area contributed by atoms with Gasteiger partial charge in [-0.15, -0.1) is 0 Å². The Labute approximate surface area is 165 Å². The highest BCUT2D eigenvalue weighted by molar-refractivity contribution is 7.88. The molecule has 0 spiro atoms. The lowest BCUT2D eigenvalue weighted by molar-refractivity contribution is 0.133. The van der Waals surface area contributed by atoms with Crippen molar-refractivity contribution in [1.29, 1.82) is 0 Å². The Morgan fingerprint density at radius 3 is 2.64 bits per heavy atom. The lowest BCUT2D eigenvalue weighted by Crippen LogP contribution is -2.48. The first kappa shape index (κ1) is 18.9. The van der Waals surface area contributed by atoms with Crippen molar-refractivity contribution in [2.75, 3.05) is 6.54 Å². The van der Waals surface area contributed by atoms with E-state index in [1.165, 1.54) is 5.69 Å². The Morgan fingerprint density at radius 1 is 1.04 bits per heavy atom. The van der Waals surface area contributed by atoms with Gasteiger partial charge in [0.15, 0.2) is 0 Å². The molecule has 0 fully saturated rings. The van der Waals surface area contributed by atoms with Crippen molar-refractivity contribution in [1.82, 2.24) is 19.2 Å². The third-order valence-electron chi connectivity index (χ3n) is 5.06. The smallest absolute Gasteiger partial charge is 0.215 e. The Hall–Kier alpha value is -2.48. The number of aromatic nitrogens is 2. The number of sulfonamides is 1. The van der Waals surface area contributed by atoms with Crippen molar-refractivity contribution in [2.24, 2.45) is 0 Å². The van der Waals surface area contributed by atoms with E-state index in [0.717, 1.165) is 30.8 Å². The fourth-order valence-corrected chi connectivity index (χ4v) is 4.80. The molecule has 28 heavy (non-hydrogen) atoms. The van der Waals surface area contributed by atoms with Crippen LogP contribution in [0.2, 0.25) is 0 Å². The van der Waals surface area contributed by atoms with Crippen LogP contribution in [0.3, 0.4) is 0 Å². The summed E-state index contributed by atoms with van der Waals surface area (Å²) < 4.78 is 30.1. The third kappa shape index (κ3) is 4.67. The second-order valence-corrected chi connectivity index (χ2v) is 8.97. The normalized spacial score (nSPS) is 17.4. The van der Waals surface area contributed by atoms with Crippen LogP contribution in [-0.4, -0.2) is 35.5 Å². The minimum Gasteiger partial charge on any atom is -0.349 e. The van der Waals surface area contributed by atoms with Crippen LogP contribution in [0.15, 0.2) is 73.2 Å². The lowest BCUT2D eigenvalue weighted by Gasteiger charge is -2.37. The zero-order valence-corrected chi connectivity index (χ0v) is 16.4. The summed E-state index contributed by atoms with van der Waals surface area (Å²) in [5.74, 6) is -0.00205. The van der Waals surface area contributed by atoms with Gasteiger partial charge in [-0.3, -0.25) is 9.88 Å². The summed E-state index contributed by atoms with van der Waals surface area (Å²) >= 11 is 0. The summed E-state index contributed by atoms with van der Waals surface area (Å²) in [4.78, 5) is 6.52. The Bertz CT molecular complexity index is 1000. The van der Waals surface area contributed by atoms with Gasteiger partial charge in [0.1, 0.15) is 0 Å². The largest absolute Gasteiger partial charge is 0.349 e. The van der Waals surface area contributed by atoms with Gasteiger partial charge in [-0.05, 0) is 29.3 Å². The van der Waals surface area contributed by atoms with Crippen LogP contribution in [-0.2, 0) is 35.4 Å². The van der Waals surface area contributed by atoms with Crippen LogP contribution >= 0.6 is 0 Å². The van der Waals surface area contributed by atoms with Gasteiger partial charge in [0.05, 0.1) is 5.75 Å². The van der Waals surface area contributed by atoms with Gasteiger partial charge in [0, 0.05) is 56.5 Å². The van der Waals surface area contributed by atoms with Gasteiger partial charge in [-0.2, -0.15) is 0 Å². The van der Waals surface area contributed by atoms with E-state index in [-0.39, 0.29) is 11.8 Å². The first-order valence-electron chi connectivity index (χ1n) is 9.37. The molecule has 4 rings (SSSR count). The molecule has 0 amide bonds. The molecule has 2 aromatic heterocycles. The fourth-order valence-electron chi connectivity index (χ4n) is 3.62. The molecule has 146 valence electrons. The monoisotopic (exact) mass is 396 g/mol. The molecule has 0 saturated heterocycles. The van der Waals surface area contributed by atoms with E-state index in [1.54, 1.807) is 6.20 Å². The number of benzene rings is 1. The summed E-state index contributed by atoms with van der Waals surface area (Å²) in [5, 5.41) is 0. The summed E-state index contributed by atoms with van der Waals surface area (Å²) in [6, 6.07) is 17.5. The minimum atomic E-state index is -3.39. The summed E-state index contributed by atoms with van der Waals surface area (Å²) in [6.45, 7) is 2.67. The highest BCUT2D eigenvalue weighted by Crippen LogP contribution is 2.20. The van der Waals surface area contributed by atoms with E-state index in [4.69, 9.17) is 0 Å². The Balaban J connectivity index is 1.46. The van der Waals surface area contributed by atoms with Crippen molar-refractivity contribution in [3.8, 4) is 0 Å². The summed E-state index contributed by atoms with van der Waals surface area (Å²) in [5.41, 5.74) is 3.16. The standard InChI is InChI=1S/C21H24N4O2S/c26-28(27,17-18-6-2-1-3-7-18)23-13-21-16-24-11-5-9-20(24)15-25(21)14-19-8-4-10-22-12-19/h1-12,21,23H,13-17H2. The van der Waals surface area contributed by atoms with E-state index in [1.807, 2.05) is 48.7 Å². The fraction of sp³-hybridized carbons (Fsp3) is 0.286. The van der Waals surface area contributed by atoms with Crippen molar-refractivity contribution in [2.45, 2.75) is 31.4 Å². The predicted octanol–water partition coefficient (Wildman–Crippen LogP) is 2.39. The number of hydrogen-bond donors (Lipinski definition) is 1. The molecule has 0 radical (unpaired) electrons. The molecule has 1 N–H and O–H groups in total. The Kier molecular flexibility index (Phi) is 5.57. The lowest BCUT2D eigenvalue weighted by atomic mass is 10.1. The average Bonchev–Trinajstić information content (AvgIpc) is 3.15. The topological polar surface area (TPSA) is 67.2 Å². The number of rotatable bonds is 7. The summed E-state index contributed by atoms with van der Waals surface area (Å²) in [6.07, 6.45) is 5.69. The van der Waals surface area contributed by atoms with E-state index >= 15 is 0 Å². The van der Waals surface area contributed by atoms with Gasteiger partial charge >= 0.3 is 0 Å². The zero-order valence-electron chi connectivity index (χ0n) is 15.6. The van der Waals surface area contributed by atoms with Gasteiger partial charge in [0.25, 0.3) is 0 Å². The molecular formula is C21H24N4O2S. The molecule has 1 atom stereocenters. The molecule has 1 aromatic carbocycles. The van der Waals surface area contributed by atoms with E-state index in [2.05, 4.69) is 37.5 Å². The molecule has 1 unspecified atom stereocenters. The van der Waals surface area contributed by atoms with E-state index < -0.39 is 10.0 Å². The quantitative estimate of drug-likeness (QED) is 0.666. The van der Waals surface area contributed by atoms with Crippen LogP contribution in [0, 0.1) is 0 Å². The van der Waals surface area contributed by atoms with E-state index in [0.29, 0.717) is 6.54 Å². The molecule has 7 heteroatoms. The predicted molar refractivity (Wildman–Crippen MR) is 109 cm³/mol. The van der Waals surface area contributed by atoms with Gasteiger partial charge in [-0.1, -0.05) is 36.4 Å². The molecule has 0 saturated carbocycles. The maximum atomic E-state index is 12.6. The second kappa shape index (κ2) is 8.26. The van der Waals surface area contributed by atoms with Crippen LogP contribution in [0.4, 0.5) is 0 Å². The Morgan fingerprint density at radius 2 is 1.86 bits per heavy atom. The van der Waals surface area contributed by atoms with Crippen LogP contribution in [0.1, 0.15) is 16.8 Å². The number of nitrogens with zero attached hydrogens (tertiary/aromatic N) is 3. The highest BCUT2D eigenvalue weighted by atomic mass is 32.2. The van der Waals surface area contributed by atoms with Gasteiger partial charge in [-0.25, -0.2) is 13.1 Å². The van der Waals surface area contributed by atoms with Crippen LogP contribution in [0.25, 0.3) is 0 Å². The van der Waals surface area contributed by atoms with Crippen LogP contribution < -0.4 is 4.72 Å². The van der Waals surface area contributed by atoms with Gasteiger partial charge < -0.3 is 4.57 Å². The summed E-state index contributed by atoms with van der Waals surface area (Å²) in [7, 11) is -3.39. The maximum Gasteiger partial charge on any atom is 0.215 e. The van der Waals surface area contributed by atoms with Crippen molar-refractivity contribution < 1.29 is 8.42 Å². The van der Waals surface area contributed by atoms with Crippen molar-refractivity contribution in [3.05, 3.63) is 90.0 Å². The zero-order chi connectivity index (χ0) is 19.4. The second-order valence-electron chi connectivity index (χ2n) is 7.17. The maximum absolute atomic E-state index is 12.6. The molecule has 0 aliphatic carbocycles. The van der Waals surface area contributed by atoms with Crippen molar-refractivity contribution >= 4 is 10.0 Å². The number of pyridine rings is 1. The number of nitrogens with one attached hydrogen (secondary N) is 1. The first-order valence-corrected chi connectivity index (χ1v) is 11.0. The molecule has 3 heterocycles. The highest BCUT2D eigenvalue weighted by Gasteiger charge is 2.27. The third-order valence-corrected chi connectivity index (χ3v) is 6.38. The van der Waals surface area contributed by atoms with Crippen molar-refractivity contribution in [3.63, 3.8) is 0 Å². The minimum absolute atomic E-state index is 0.00205.